The van der Waals surface area contributed by atoms with Crippen LogP contribution >= 0.6 is 15.9 Å². The lowest BCUT2D eigenvalue weighted by Gasteiger charge is -2.23. The highest BCUT2D eigenvalue weighted by atomic mass is 79.9. The Hall–Kier alpha value is -1.63. The molecule has 1 rings (SSSR count). The minimum atomic E-state index is -1.08. The molecular formula is C13H16BrFN2O3. The fourth-order valence-electron chi connectivity index (χ4n) is 1.60. The van der Waals surface area contributed by atoms with E-state index in [0.29, 0.717) is 12.2 Å². The van der Waals surface area contributed by atoms with Crippen LogP contribution in [0.5, 0.6) is 0 Å². The van der Waals surface area contributed by atoms with Crippen LogP contribution in [0.15, 0.2) is 22.7 Å². The summed E-state index contributed by atoms with van der Waals surface area (Å²) >= 11 is 3.02. The molecule has 5 nitrogen and oxygen atoms in total. The van der Waals surface area contributed by atoms with Gasteiger partial charge >= 0.3 is 12.0 Å². The van der Waals surface area contributed by atoms with Crippen LogP contribution in [0.2, 0.25) is 0 Å². The third-order valence-corrected chi connectivity index (χ3v) is 2.98. The molecule has 0 atom stereocenters. The minimum absolute atomic E-state index is 0.139. The molecule has 0 unspecified atom stereocenters. The lowest BCUT2D eigenvalue weighted by atomic mass is 10.2. The van der Waals surface area contributed by atoms with Gasteiger partial charge < -0.3 is 15.3 Å². The number of carbonyl (C=O) groups excluding carboxylic acids is 1. The summed E-state index contributed by atoms with van der Waals surface area (Å²) in [5, 5.41) is 11.4. The first kappa shape index (κ1) is 16.4. The maximum absolute atomic E-state index is 13.1. The van der Waals surface area contributed by atoms with Crippen LogP contribution < -0.4 is 5.32 Å². The van der Waals surface area contributed by atoms with Gasteiger partial charge in [0.05, 0.1) is 4.47 Å². The number of aliphatic carboxylic acids is 1. The molecule has 20 heavy (non-hydrogen) atoms. The van der Waals surface area contributed by atoms with Gasteiger partial charge in [0.25, 0.3) is 0 Å². The first-order valence-corrected chi connectivity index (χ1v) is 6.81. The summed E-state index contributed by atoms with van der Waals surface area (Å²) < 4.78 is 13.3. The highest BCUT2D eigenvalue weighted by Crippen LogP contribution is 2.20. The molecule has 0 radical (unpaired) electrons. The van der Waals surface area contributed by atoms with E-state index in [1.54, 1.807) is 0 Å². The monoisotopic (exact) mass is 346 g/mol. The Balaban J connectivity index is 2.78. The number of carboxylic acid groups (broad SMARTS) is 1. The molecule has 0 aliphatic heterocycles. The SMILES string of the molecule is CC(C)CN(CC(=O)O)C(=O)Nc1ccc(F)c(Br)c1. The van der Waals surface area contributed by atoms with E-state index in [1.807, 2.05) is 13.8 Å². The van der Waals surface area contributed by atoms with Gasteiger partial charge in [0.2, 0.25) is 0 Å². The molecule has 0 heterocycles. The fourth-order valence-corrected chi connectivity index (χ4v) is 1.98. The number of nitrogens with zero attached hydrogens (tertiary/aromatic N) is 1. The molecular weight excluding hydrogens is 331 g/mol. The van der Waals surface area contributed by atoms with Crippen LogP contribution in [-0.2, 0) is 4.79 Å². The van der Waals surface area contributed by atoms with Gasteiger partial charge in [-0.1, -0.05) is 13.8 Å². The highest BCUT2D eigenvalue weighted by Gasteiger charge is 2.18. The number of rotatable bonds is 5. The molecule has 2 amide bonds. The number of hydrogen-bond acceptors (Lipinski definition) is 2. The van der Waals surface area contributed by atoms with Gasteiger partial charge in [0.15, 0.2) is 0 Å². The van der Waals surface area contributed by atoms with Gasteiger partial charge in [-0.3, -0.25) is 4.79 Å². The summed E-state index contributed by atoms with van der Waals surface area (Å²) in [6.07, 6.45) is 0. The summed E-state index contributed by atoms with van der Waals surface area (Å²) in [5.74, 6) is -1.38. The van der Waals surface area contributed by atoms with E-state index in [-0.39, 0.29) is 16.9 Å². The van der Waals surface area contributed by atoms with Crippen molar-refractivity contribution in [1.29, 1.82) is 0 Å². The zero-order chi connectivity index (χ0) is 15.3. The van der Waals surface area contributed by atoms with Crippen LogP contribution in [0.4, 0.5) is 14.9 Å². The van der Waals surface area contributed by atoms with Crippen LogP contribution in [0.1, 0.15) is 13.8 Å². The predicted molar refractivity (Wildman–Crippen MR) is 77.2 cm³/mol. The van der Waals surface area contributed by atoms with Crippen LogP contribution in [-0.4, -0.2) is 35.1 Å². The lowest BCUT2D eigenvalue weighted by molar-refractivity contribution is -0.137. The second-order valence-corrected chi connectivity index (χ2v) is 5.58. The van der Waals surface area contributed by atoms with Crippen molar-refractivity contribution >= 4 is 33.6 Å². The second kappa shape index (κ2) is 7.23. The Morgan fingerprint density at radius 1 is 1.45 bits per heavy atom. The minimum Gasteiger partial charge on any atom is -0.480 e. The highest BCUT2D eigenvalue weighted by molar-refractivity contribution is 9.10. The van der Waals surface area contributed by atoms with Crippen molar-refractivity contribution in [3.8, 4) is 0 Å². The second-order valence-electron chi connectivity index (χ2n) is 4.73. The summed E-state index contributed by atoms with van der Waals surface area (Å²) in [6, 6.07) is 3.51. The van der Waals surface area contributed by atoms with Crippen molar-refractivity contribution in [1.82, 2.24) is 4.90 Å². The molecule has 1 aromatic rings. The van der Waals surface area contributed by atoms with Crippen LogP contribution in [0.3, 0.4) is 0 Å². The van der Waals surface area contributed by atoms with Crippen LogP contribution in [0.25, 0.3) is 0 Å². The Kier molecular flexibility index (Phi) is 5.94. The van der Waals surface area contributed by atoms with Gasteiger partial charge in [-0.2, -0.15) is 0 Å². The van der Waals surface area contributed by atoms with Crippen molar-refractivity contribution in [2.75, 3.05) is 18.4 Å². The number of benzene rings is 1. The van der Waals surface area contributed by atoms with Gasteiger partial charge in [0.1, 0.15) is 12.4 Å². The maximum Gasteiger partial charge on any atom is 0.323 e. The Morgan fingerprint density at radius 3 is 2.60 bits per heavy atom. The van der Waals surface area contributed by atoms with Gasteiger partial charge in [-0.15, -0.1) is 0 Å². The normalized spacial score (nSPS) is 10.4. The molecule has 0 aliphatic rings. The number of halogens is 2. The van der Waals surface area contributed by atoms with Crippen molar-refractivity contribution in [3.63, 3.8) is 0 Å². The summed E-state index contributed by atoms with van der Waals surface area (Å²) in [6.45, 7) is 3.71. The number of anilines is 1. The van der Waals surface area contributed by atoms with Crippen molar-refractivity contribution in [2.24, 2.45) is 5.92 Å². The Labute approximate surface area is 124 Å². The van der Waals surface area contributed by atoms with E-state index >= 15 is 0 Å². The Morgan fingerprint density at radius 2 is 2.10 bits per heavy atom. The van der Waals surface area contributed by atoms with Crippen LogP contribution in [0, 0.1) is 11.7 Å². The number of carbonyl (C=O) groups is 2. The molecule has 0 saturated heterocycles. The van der Waals surface area contributed by atoms with E-state index < -0.39 is 17.8 Å². The quantitative estimate of drug-likeness (QED) is 0.860. The van der Waals surface area contributed by atoms with E-state index in [9.17, 15) is 14.0 Å². The molecule has 110 valence electrons. The number of hydrogen-bond donors (Lipinski definition) is 2. The summed E-state index contributed by atoms with van der Waals surface area (Å²) in [4.78, 5) is 24.0. The third-order valence-electron chi connectivity index (χ3n) is 2.37. The van der Waals surface area contributed by atoms with Gasteiger partial charge in [-0.25, -0.2) is 9.18 Å². The maximum atomic E-state index is 13.1. The topological polar surface area (TPSA) is 69.6 Å². The molecule has 1 aromatic carbocycles. The average molecular weight is 347 g/mol. The first-order chi connectivity index (χ1) is 9.29. The lowest BCUT2D eigenvalue weighted by Crippen LogP contribution is -2.40. The largest absolute Gasteiger partial charge is 0.480 e. The smallest absolute Gasteiger partial charge is 0.323 e. The summed E-state index contributed by atoms with van der Waals surface area (Å²) in [5.41, 5.74) is 0.391. The first-order valence-electron chi connectivity index (χ1n) is 6.02. The predicted octanol–water partition coefficient (Wildman–Crippen LogP) is 3.16. The van der Waals surface area contributed by atoms with Crippen molar-refractivity contribution in [2.45, 2.75) is 13.8 Å². The third kappa shape index (κ3) is 5.16. The van der Waals surface area contributed by atoms with Crippen molar-refractivity contribution in [3.05, 3.63) is 28.5 Å². The van der Waals surface area contributed by atoms with Crippen molar-refractivity contribution < 1.29 is 19.1 Å². The molecule has 0 aromatic heterocycles. The molecule has 0 bridgehead atoms. The molecule has 2 N–H and O–H groups in total. The summed E-state index contributed by atoms with van der Waals surface area (Å²) in [7, 11) is 0. The number of nitrogens with one attached hydrogen (secondary N) is 1. The van der Waals surface area contributed by atoms with E-state index in [0.717, 1.165) is 0 Å². The zero-order valence-corrected chi connectivity index (χ0v) is 12.8. The van der Waals surface area contributed by atoms with E-state index in [4.69, 9.17) is 5.11 Å². The molecule has 0 fully saturated rings. The molecule has 7 heteroatoms. The average Bonchev–Trinajstić information content (AvgIpc) is 2.32. The number of urea groups is 1. The number of amides is 2. The molecule has 0 spiro atoms. The van der Waals surface area contributed by atoms with Gasteiger partial charge in [-0.05, 0) is 40.0 Å². The van der Waals surface area contributed by atoms with E-state index in [1.165, 1.54) is 23.1 Å². The van der Waals surface area contributed by atoms with E-state index in [2.05, 4.69) is 21.2 Å². The Bertz CT molecular complexity index is 508. The molecule has 0 saturated carbocycles. The fraction of sp³-hybridized carbons (Fsp3) is 0.385. The van der Waals surface area contributed by atoms with Gasteiger partial charge in [0, 0.05) is 12.2 Å². The molecule has 0 aliphatic carbocycles. The number of carboxylic acids is 1. The standard InChI is InChI=1S/C13H16BrFN2O3/c1-8(2)6-17(7-12(18)19)13(20)16-9-3-4-11(15)10(14)5-9/h3-5,8H,6-7H2,1-2H3,(H,16,20)(H,18,19). The zero-order valence-electron chi connectivity index (χ0n) is 11.2.